The normalized spacial score (nSPS) is 13.2. The summed E-state index contributed by atoms with van der Waals surface area (Å²) < 4.78 is 2.25. The van der Waals surface area contributed by atoms with Gasteiger partial charge in [0.2, 0.25) is 0 Å². The summed E-state index contributed by atoms with van der Waals surface area (Å²) in [6.07, 6.45) is 0.835. The molecule has 0 spiro atoms. The molecule has 1 unspecified atom stereocenters. The lowest BCUT2D eigenvalue weighted by Gasteiger charge is -2.07. The molecule has 2 rings (SSSR count). The summed E-state index contributed by atoms with van der Waals surface area (Å²) in [5.41, 5.74) is 9.39. The van der Waals surface area contributed by atoms with E-state index in [0.717, 1.165) is 24.3 Å². The minimum absolute atomic E-state index is 0.156. The summed E-state index contributed by atoms with van der Waals surface area (Å²) in [7, 11) is 0. The van der Waals surface area contributed by atoms with Gasteiger partial charge in [-0.05, 0) is 38.5 Å². The zero-order valence-corrected chi connectivity index (χ0v) is 10.2. The third-order valence-electron chi connectivity index (χ3n) is 2.80. The van der Waals surface area contributed by atoms with Gasteiger partial charge in [0, 0.05) is 19.0 Å². The summed E-state index contributed by atoms with van der Waals surface area (Å²) >= 11 is 0. The number of nitrogens with zero attached hydrogens (tertiary/aromatic N) is 2. The van der Waals surface area contributed by atoms with Gasteiger partial charge < -0.3 is 10.3 Å². The van der Waals surface area contributed by atoms with Crippen molar-refractivity contribution in [3.63, 3.8) is 0 Å². The molecule has 1 aromatic heterocycles. The second-order valence-electron chi connectivity index (χ2n) is 4.45. The minimum atomic E-state index is 0.156. The molecule has 0 aliphatic carbocycles. The number of benzene rings is 1. The molecule has 0 radical (unpaired) electrons. The fraction of sp³-hybridized carbons (Fsp3) is 0.462. The van der Waals surface area contributed by atoms with Crippen molar-refractivity contribution in [2.75, 3.05) is 0 Å². The van der Waals surface area contributed by atoms with Gasteiger partial charge >= 0.3 is 0 Å². The van der Waals surface area contributed by atoms with Gasteiger partial charge in [-0.1, -0.05) is 6.07 Å². The van der Waals surface area contributed by atoms with E-state index >= 15 is 0 Å². The topological polar surface area (TPSA) is 43.8 Å². The number of imidazole rings is 1. The molecule has 3 heteroatoms. The van der Waals surface area contributed by atoms with Crippen molar-refractivity contribution < 1.29 is 0 Å². The summed E-state index contributed by atoms with van der Waals surface area (Å²) in [4.78, 5) is 4.67. The van der Waals surface area contributed by atoms with Crippen molar-refractivity contribution in [1.82, 2.24) is 9.55 Å². The number of fused-ring (bicyclic) bond motifs is 1. The number of rotatable bonds is 3. The minimum Gasteiger partial charge on any atom is -0.328 e. The molecule has 16 heavy (non-hydrogen) atoms. The zero-order chi connectivity index (χ0) is 11.7. The van der Waals surface area contributed by atoms with Gasteiger partial charge in [-0.25, -0.2) is 4.98 Å². The van der Waals surface area contributed by atoms with Gasteiger partial charge in [0.1, 0.15) is 5.82 Å². The van der Waals surface area contributed by atoms with E-state index < -0.39 is 0 Å². The van der Waals surface area contributed by atoms with Crippen LogP contribution < -0.4 is 5.73 Å². The predicted molar refractivity (Wildman–Crippen MR) is 67.5 cm³/mol. The van der Waals surface area contributed by atoms with Crippen LogP contribution in [0.15, 0.2) is 18.2 Å². The molecule has 0 bridgehead atoms. The molecular formula is C13H19N3. The largest absolute Gasteiger partial charge is 0.328 e. The third-order valence-corrected chi connectivity index (χ3v) is 2.80. The van der Waals surface area contributed by atoms with E-state index in [1.165, 1.54) is 11.1 Å². The van der Waals surface area contributed by atoms with Crippen molar-refractivity contribution in [3.05, 3.63) is 29.6 Å². The Labute approximate surface area is 96.3 Å². The molecule has 0 amide bonds. The van der Waals surface area contributed by atoms with E-state index in [0.29, 0.717) is 0 Å². The maximum atomic E-state index is 5.85. The highest BCUT2D eigenvalue weighted by Crippen LogP contribution is 2.18. The first-order valence-corrected chi connectivity index (χ1v) is 5.83. The van der Waals surface area contributed by atoms with Crippen LogP contribution >= 0.6 is 0 Å². The van der Waals surface area contributed by atoms with E-state index in [4.69, 9.17) is 5.73 Å². The van der Waals surface area contributed by atoms with Crippen molar-refractivity contribution in [2.45, 2.75) is 39.8 Å². The lowest BCUT2D eigenvalue weighted by molar-refractivity contribution is 0.647. The molecule has 0 aliphatic rings. The van der Waals surface area contributed by atoms with Crippen LogP contribution in [0, 0.1) is 6.92 Å². The standard InChI is InChI=1S/C13H19N3/c1-4-16-12-6-5-9(2)7-11(12)15-13(16)8-10(3)14/h5-7,10H,4,8,14H2,1-3H3. The van der Waals surface area contributed by atoms with Gasteiger partial charge in [0.25, 0.3) is 0 Å². The Kier molecular flexibility index (Phi) is 2.97. The van der Waals surface area contributed by atoms with Crippen LogP contribution in [0.3, 0.4) is 0 Å². The number of nitrogens with two attached hydrogens (primary N) is 1. The molecule has 0 fully saturated rings. The Morgan fingerprint density at radius 1 is 1.44 bits per heavy atom. The van der Waals surface area contributed by atoms with Crippen LogP contribution in [0.2, 0.25) is 0 Å². The highest BCUT2D eigenvalue weighted by molar-refractivity contribution is 5.76. The van der Waals surface area contributed by atoms with E-state index in [2.05, 4.69) is 41.6 Å². The summed E-state index contributed by atoms with van der Waals surface area (Å²) in [6, 6.07) is 6.56. The van der Waals surface area contributed by atoms with Crippen LogP contribution in [-0.4, -0.2) is 15.6 Å². The van der Waals surface area contributed by atoms with Gasteiger partial charge in [-0.3, -0.25) is 0 Å². The maximum Gasteiger partial charge on any atom is 0.111 e. The van der Waals surface area contributed by atoms with Crippen LogP contribution in [0.1, 0.15) is 25.2 Å². The predicted octanol–water partition coefficient (Wildman–Crippen LogP) is 2.25. The first-order valence-electron chi connectivity index (χ1n) is 5.83. The SMILES string of the molecule is CCn1c(CC(C)N)nc2cc(C)ccc21. The molecule has 2 N–H and O–H groups in total. The molecule has 86 valence electrons. The smallest absolute Gasteiger partial charge is 0.111 e. The molecule has 0 saturated carbocycles. The van der Waals surface area contributed by atoms with Crippen molar-refractivity contribution in [1.29, 1.82) is 0 Å². The molecule has 2 aromatic rings. The van der Waals surface area contributed by atoms with Crippen LogP contribution in [0.25, 0.3) is 11.0 Å². The Morgan fingerprint density at radius 2 is 2.19 bits per heavy atom. The Bertz CT molecular complexity index is 497. The van der Waals surface area contributed by atoms with E-state index in [-0.39, 0.29) is 6.04 Å². The lowest BCUT2D eigenvalue weighted by atomic mass is 10.2. The average Bonchev–Trinajstić information content (AvgIpc) is 2.52. The van der Waals surface area contributed by atoms with Crippen LogP contribution in [0.5, 0.6) is 0 Å². The molecule has 0 saturated heterocycles. The highest BCUT2D eigenvalue weighted by atomic mass is 15.1. The first-order chi connectivity index (χ1) is 7.61. The highest BCUT2D eigenvalue weighted by Gasteiger charge is 2.10. The van der Waals surface area contributed by atoms with Crippen molar-refractivity contribution >= 4 is 11.0 Å². The Morgan fingerprint density at radius 3 is 2.81 bits per heavy atom. The van der Waals surface area contributed by atoms with Crippen LogP contribution in [-0.2, 0) is 13.0 Å². The van der Waals surface area contributed by atoms with Gasteiger partial charge in [-0.15, -0.1) is 0 Å². The first kappa shape index (κ1) is 11.1. The number of aryl methyl sites for hydroxylation is 2. The molecular weight excluding hydrogens is 198 g/mol. The molecule has 3 nitrogen and oxygen atoms in total. The number of aromatic nitrogens is 2. The number of hydrogen-bond acceptors (Lipinski definition) is 2. The zero-order valence-electron chi connectivity index (χ0n) is 10.2. The van der Waals surface area contributed by atoms with Crippen LogP contribution in [0.4, 0.5) is 0 Å². The second-order valence-corrected chi connectivity index (χ2v) is 4.45. The maximum absolute atomic E-state index is 5.85. The van der Waals surface area contributed by atoms with Gasteiger partial charge in [0.15, 0.2) is 0 Å². The molecule has 1 heterocycles. The summed E-state index contributed by atoms with van der Waals surface area (Å²) in [5.74, 6) is 1.10. The third kappa shape index (κ3) is 1.95. The second kappa shape index (κ2) is 4.26. The van der Waals surface area contributed by atoms with E-state index in [9.17, 15) is 0 Å². The number of hydrogen-bond donors (Lipinski definition) is 1. The Balaban J connectivity index is 2.56. The van der Waals surface area contributed by atoms with Gasteiger partial charge in [0.05, 0.1) is 11.0 Å². The monoisotopic (exact) mass is 217 g/mol. The average molecular weight is 217 g/mol. The molecule has 1 atom stereocenters. The molecule has 0 aliphatic heterocycles. The molecule has 1 aromatic carbocycles. The summed E-state index contributed by atoms with van der Waals surface area (Å²) in [5, 5.41) is 0. The van der Waals surface area contributed by atoms with Crippen molar-refractivity contribution in [3.8, 4) is 0 Å². The van der Waals surface area contributed by atoms with Crippen molar-refractivity contribution in [2.24, 2.45) is 5.73 Å². The van der Waals surface area contributed by atoms with Gasteiger partial charge in [-0.2, -0.15) is 0 Å². The fourth-order valence-electron chi connectivity index (χ4n) is 2.09. The quantitative estimate of drug-likeness (QED) is 0.857. The lowest BCUT2D eigenvalue weighted by Crippen LogP contribution is -2.20. The fourth-order valence-corrected chi connectivity index (χ4v) is 2.09. The van der Waals surface area contributed by atoms with E-state index in [1.807, 2.05) is 6.92 Å². The summed E-state index contributed by atoms with van der Waals surface area (Å²) in [6.45, 7) is 7.20. The Hall–Kier alpha value is -1.35. The van der Waals surface area contributed by atoms with E-state index in [1.54, 1.807) is 0 Å².